The van der Waals surface area contributed by atoms with Crippen molar-refractivity contribution in [3.63, 3.8) is 0 Å². The topological polar surface area (TPSA) is 88.9 Å². The predicted octanol–water partition coefficient (Wildman–Crippen LogP) is 1.16. The normalized spacial score (nSPS) is 23.1. The Balaban J connectivity index is 1.58. The smallest absolute Gasteiger partial charge is 0.328 e. The van der Waals surface area contributed by atoms with Crippen LogP contribution in [0.4, 0.5) is 9.18 Å². The van der Waals surface area contributed by atoms with Crippen LogP contribution in [0.2, 0.25) is 0 Å². The number of aliphatic imine (C=N–C) groups is 1. The Morgan fingerprint density at radius 2 is 1.81 bits per heavy atom. The van der Waals surface area contributed by atoms with E-state index in [1.165, 1.54) is 21.9 Å². The highest BCUT2D eigenvalue weighted by atomic mass is 19.1. The third-order valence-corrected chi connectivity index (χ3v) is 5.95. The molecular formula is C21H26FN5O4. The number of aliphatic hydroxyl groups is 1. The fourth-order valence-electron chi connectivity index (χ4n) is 4.19. The molecule has 0 spiro atoms. The number of allylic oxidation sites excluding steroid dienone is 2. The van der Waals surface area contributed by atoms with E-state index in [2.05, 4.69) is 0 Å². The van der Waals surface area contributed by atoms with Crippen molar-refractivity contribution in [2.75, 3.05) is 33.4 Å². The summed E-state index contributed by atoms with van der Waals surface area (Å²) in [6.07, 6.45) is -0.622. The molecule has 0 aliphatic carbocycles. The van der Waals surface area contributed by atoms with Crippen molar-refractivity contribution >= 4 is 17.9 Å². The molecule has 3 aliphatic rings. The number of amides is 3. The van der Waals surface area contributed by atoms with Crippen LogP contribution in [-0.4, -0.2) is 88.2 Å². The molecule has 1 N–H and O–H groups in total. The lowest BCUT2D eigenvalue weighted by molar-refractivity contribution is -0.137. The van der Waals surface area contributed by atoms with Crippen molar-refractivity contribution in [3.05, 3.63) is 47.0 Å². The molecule has 10 heteroatoms. The van der Waals surface area contributed by atoms with E-state index in [-0.39, 0.29) is 31.5 Å². The zero-order valence-electron chi connectivity index (χ0n) is 17.8. The van der Waals surface area contributed by atoms with E-state index < -0.39 is 18.2 Å². The summed E-state index contributed by atoms with van der Waals surface area (Å²) in [5.74, 6) is -0.0848. The van der Waals surface area contributed by atoms with Crippen LogP contribution < -0.4 is 0 Å². The van der Waals surface area contributed by atoms with E-state index in [1.54, 1.807) is 19.2 Å². The molecule has 31 heavy (non-hydrogen) atoms. The number of carbonyl (C=O) groups excluding carboxylic acids is 2. The lowest BCUT2D eigenvalue weighted by Gasteiger charge is -2.40. The second-order valence-corrected chi connectivity index (χ2v) is 7.76. The molecule has 166 valence electrons. The molecule has 3 heterocycles. The number of likely N-dealkylation sites (N-methyl/N-ethyl adjacent to an activating group) is 1. The number of aliphatic hydroxyl groups excluding tert-OH is 1. The summed E-state index contributed by atoms with van der Waals surface area (Å²) in [6, 6.07) is 4.67. The largest absolute Gasteiger partial charge is 0.394 e. The molecule has 1 fully saturated rings. The minimum absolute atomic E-state index is 0.0453. The zero-order valence-corrected chi connectivity index (χ0v) is 17.8. The molecule has 2 atom stereocenters. The Hall–Kier alpha value is -2.98. The number of nitrogens with zero attached hydrogens (tertiary/aromatic N) is 5. The van der Waals surface area contributed by atoms with Gasteiger partial charge in [0.05, 0.1) is 26.4 Å². The standard InChI is InChI=1S/C21H26FN5O4/c1-13-14(2)27-17-18(23-20(27)25(13)8-10-31-11-9-28)24(3)21(30)26(19(17)29)12-15-4-6-16(22)7-5-15/h4-7,17-18,28H,8-12H2,1-3H3. The lowest BCUT2D eigenvalue weighted by Crippen LogP contribution is -2.64. The van der Waals surface area contributed by atoms with Crippen LogP contribution in [0.25, 0.3) is 0 Å². The van der Waals surface area contributed by atoms with Gasteiger partial charge in [-0.3, -0.25) is 14.6 Å². The van der Waals surface area contributed by atoms with Crippen LogP contribution >= 0.6 is 0 Å². The molecule has 1 aromatic rings. The second-order valence-electron chi connectivity index (χ2n) is 7.76. The Bertz CT molecular complexity index is 948. The van der Waals surface area contributed by atoms with Gasteiger partial charge in [0.2, 0.25) is 5.96 Å². The average molecular weight is 431 g/mol. The summed E-state index contributed by atoms with van der Waals surface area (Å²) in [5, 5.41) is 8.89. The number of halogens is 1. The third-order valence-electron chi connectivity index (χ3n) is 5.95. The van der Waals surface area contributed by atoms with E-state index in [4.69, 9.17) is 14.8 Å². The molecule has 4 rings (SSSR count). The van der Waals surface area contributed by atoms with E-state index in [9.17, 15) is 14.0 Å². The van der Waals surface area contributed by atoms with Gasteiger partial charge in [-0.15, -0.1) is 0 Å². The van der Waals surface area contributed by atoms with Crippen molar-refractivity contribution in [3.8, 4) is 0 Å². The second kappa shape index (κ2) is 8.27. The third kappa shape index (κ3) is 3.55. The quantitative estimate of drug-likeness (QED) is 0.652. The summed E-state index contributed by atoms with van der Waals surface area (Å²) in [5.41, 5.74) is 2.52. The van der Waals surface area contributed by atoms with Gasteiger partial charge < -0.3 is 19.6 Å². The predicted molar refractivity (Wildman–Crippen MR) is 110 cm³/mol. The van der Waals surface area contributed by atoms with Crippen LogP contribution in [0, 0.1) is 5.82 Å². The molecule has 3 aliphatic heterocycles. The van der Waals surface area contributed by atoms with Gasteiger partial charge in [-0.2, -0.15) is 0 Å². The number of guanidine groups is 1. The zero-order chi connectivity index (χ0) is 22.3. The van der Waals surface area contributed by atoms with Crippen LogP contribution in [0.15, 0.2) is 40.7 Å². The van der Waals surface area contributed by atoms with E-state index in [0.29, 0.717) is 24.7 Å². The fourth-order valence-corrected chi connectivity index (χ4v) is 4.19. The number of ether oxygens (including phenoxy) is 1. The molecule has 0 radical (unpaired) electrons. The summed E-state index contributed by atoms with van der Waals surface area (Å²) in [7, 11) is 1.64. The number of imide groups is 1. The first-order chi connectivity index (χ1) is 14.8. The average Bonchev–Trinajstić information content (AvgIpc) is 3.25. The number of fused-ring (bicyclic) bond motifs is 3. The number of hydrogen-bond donors (Lipinski definition) is 1. The van der Waals surface area contributed by atoms with Crippen molar-refractivity contribution in [1.29, 1.82) is 0 Å². The number of urea groups is 1. The summed E-state index contributed by atoms with van der Waals surface area (Å²) in [6.45, 7) is 5.07. The molecule has 0 aromatic heterocycles. The molecule has 1 saturated heterocycles. The summed E-state index contributed by atoms with van der Waals surface area (Å²) >= 11 is 0. The summed E-state index contributed by atoms with van der Waals surface area (Å²) < 4.78 is 18.6. The number of hydrogen-bond acceptors (Lipinski definition) is 7. The Morgan fingerprint density at radius 3 is 2.48 bits per heavy atom. The molecule has 2 unspecified atom stereocenters. The summed E-state index contributed by atoms with van der Waals surface area (Å²) in [4.78, 5) is 37.6. The Labute approximate surface area is 180 Å². The molecule has 9 nitrogen and oxygen atoms in total. The molecule has 0 saturated carbocycles. The maximum atomic E-state index is 13.4. The van der Waals surface area contributed by atoms with Crippen molar-refractivity contribution in [2.45, 2.75) is 32.6 Å². The van der Waals surface area contributed by atoms with Gasteiger partial charge in [0.1, 0.15) is 5.82 Å². The van der Waals surface area contributed by atoms with Crippen molar-refractivity contribution in [2.24, 2.45) is 4.99 Å². The van der Waals surface area contributed by atoms with Crippen LogP contribution in [0.5, 0.6) is 0 Å². The van der Waals surface area contributed by atoms with Gasteiger partial charge >= 0.3 is 6.03 Å². The Kier molecular flexibility index (Phi) is 5.67. The van der Waals surface area contributed by atoms with Crippen LogP contribution in [0.1, 0.15) is 19.4 Å². The van der Waals surface area contributed by atoms with Crippen LogP contribution in [0.3, 0.4) is 0 Å². The highest BCUT2D eigenvalue weighted by molar-refractivity contribution is 6.05. The highest BCUT2D eigenvalue weighted by Crippen LogP contribution is 2.37. The van der Waals surface area contributed by atoms with Gasteiger partial charge in [-0.25, -0.2) is 14.2 Å². The number of carbonyl (C=O) groups is 2. The maximum Gasteiger partial charge on any atom is 0.328 e. The minimum atomic E-state index is -0.656. The molecule has 3 amide bonds. The van der Waals surface area contributed by atoms with Gasteiger partial charge in [0.25, 0.3) is 5.91 Å². The van der Waals surface area contributed by atoms with Crippen molar-refractivity contribution in [1.82, 2.24) is 19.6 Å². The van der Waals surface area contributed by atoms with Crippen LogP contribution in [-0.2, 0) is 16.1 Å². The minimum Gasteiger partial charge on any atom is -0.394 e. The molecule has 0 bridgehead atoms. The lowest BCUT2D eigenvalue weighted by atomic mass is 10.1. The van der Waals surface area contributed by atoms with E-state index >= 15 is 0 Å². The fraction of sp³-hybridized carbons (Fsp3) is 0.476. The highest BCUT2D eigenvalue weighted by Gasteiger charge is 2.55. The first kappa shape index (κ1) is 21.3. The van der Waals surface area contributed by atoms with Gasteiger partial charge in [-0.05, 0) is 31.5 Å². The van der Waals surface area contributed by atoms with E-state index in [0.717, 1.165) is 11.4 Å². The number of rotatable bonds is 7. The van der Waals surface area contributed by atoms with Gasteiger partial charge in [0.15, 0.2) is 12.2 Å². The van der Waals surface area contributed by atoms with Gasteiger partial charge in [-0.1, -0.05) is 12.1 Å². The molecule has 1 aromatic carbocycles. The maximum absolute atomic E-state index is 13.4. The first-order valence-electron chi connectivity index (χ1n) is 10.2. The van der Waals surface area contributed by atoms with Gasteiger partial charge in [0, 0.05) is 25.0 Å². The first-order valence-corrected chi connectivity index (χ1v) is 10.2. The Morgan fingerprint density at radius 1 is 1.10 bits per heavy atom. The molecular weight excluding hydrogens is 405 g/mol. The van der Waals surface area contributed by atoms with E-state index in [1.807, 2.05) is 23.6 Å². The van der Waals surface area contributed by atoms with Crippen molar-refractivity contribution < 1.29 is 23.8 Å². The SMILES string of the molecule is CC1=C(C)N2C(=NC3C2C(=O)N(Cc2ccc(F)cc2)C(=O)N3C)N1CCOCCO. The number of benzene rings is 1. The monoisotopic (exact) mass is 431 g/mol.